The van der Waals surface area contributed by atoms with Gasteiger partial charge in [0.25, 0.3) is 0 Å². The van der Waals surface area contributed by atoms with Gasteiger partial charge in [0.15, 0.2) is 0 Å². The number of nitrogens with zero attached hydrogens (tertiary/aromatic N) is 2. The Bertz CT molecular complexity index is 241. The number of nitrogens with two attached hydrogens (primary N) is 1. The number of hydrazine groups is 1. The highest BCUT2D eigenvalue weighted by molar-refractivity contribution is 5.45. The van der Waals surface area contributed by atoms with Gasteiger partial charge >= 0.3 is 0 Å². The molecule has 1 aromatic rings. The molecule has 0 saturated heterocycles. The molecule has 0 spiro atoms. The van der Waals surface area contributed by atoms with Crippen LogP contribution in [0.4, 0.5) is 0 Å². The van der Waals surface area contributed by atoms with Gasteiger partial charge in [-0.3, -0.25) is 14.8 Å². The Morgan fingerprint density at radius 1 is 1.57 bits per heavy atom. The minimum absolute atomic E-state index is 0.352. The van der Waals surface area contributed by atoms with Crippen molar-refractivity contribution in [2.75, 3.05) is 14.2 Å². The number of amides is 1. The van der Waals surface area contributed by atoms with Crippen molar-refractivity contribution < 1.29 is 9.53 Å². The first-order valence-electron chi connectivity index (χ1n) is 4.01. The topological polar surface area (TPSA) is 68.5 Å². The molecule has 14 heavy (non-hydrogen) atoms. The summed E-state index contributed by atoms with van der Waals surface area (Å²) in [5.74, 6) is 5.23. The predicted octanol–water partition coefficient (Wildman–Crippen LogP) is 0.176. The van der Waals surface area contributed by atoms with E-state index in [0.29, 0.717) is 13.0 Å². The molecule has 0 bridgehead atoms. The predicted molar refractivity (Wildman–Crippen MR) is 53.0 cm³/mol. The van der Waals surface area contributed by atoms with Gasteiger partial charge in [0, 0.05) is 20.4 Å². The van der Waals surface area contributed by atoms with Crippen molar-refractivity contribution in [2.45, 2.75) is 6.54 Å². The van der Waals surface area contributed by atoms with Gasteiger partial charge in [0.1, 0.15) is 0 Å². The maximum absolute atomic E-state index is 10.1. The second kappa shape index (κ2) is 8.15. The first-order chi connectivity index (χ1) is 6.74. The maximum atomic E-state index is 10.1. The van der Waals surface area contributed by atoms with Crippen LogP contribution in [0.15, 0.2) is 24.4 Å². The second-order valence-corrected chi connectivity index (χ2v) is 2.51. The van der Waals surface area contributed by atoms with E-state index in [1.165, 1.54) is 0 Å². The summed E-state index contributed by atoms with van der Waals surface area (Å²) in [5, 5.41) is 1.04. The Kier molecular flexibility index (Phi) is 7.30. The molecular weight excluding hydrogens is 182 g/mol. The number of carbonyl (C=O) groups excluding carboxylic acids is 1. The third kappa shape index (κ3) is 6.10. The van der Waals surface area contributed by atoms with Crippen molar-refractivity contribution in [1.29, 1.82) is 0 Å². The summed E-state index contributed by atoms with van der Waals surface area (Å²) < 4.78 is 4.25. The van der Waals surface area contributed by atoms with Gasteiger partial charge in [-0.15, -0.1) is 0 Å². The number of pyridine rings is 1. The molecule has 1 aromatic heterocycles. The van der Waals surface area contributed by atoms with Crippen LogP contribution in [-0.2, 0) is 16.1 Å². The molecule has 0 radical (unpaired) electrons. The number of aromatic nitrogens is 1. The zero-order valence-corrected chi connectivity index (χ0v) is 8.38. The number of carbonyl (C=O) groups is 1. The lowest BCUT2D eigenvalue weighted by atomic mass is 10.3. The number of rotatable bonds is 3. The van der Waals surface area contributed by atoms with E-state index in [1.54, 1.807) is 20.4 Å². The Balaban J connectivity index is 0.000000500. The van der Waals surface area contributed by atoms with Crippen molar-refractivity contribution in [1.82, 2.24) is 9.99 Å². The molecule has 78 valence electrons. The number of methoxy groups -OCH3 is 1. The van der Waals surface area contributed by atoms with Crippen LogP contribution >= 0.6 is 0 Å². The first kappa shape index (κ1) is 12.5. The summed E-state index contributed by atoms with van der Waals surface area (Å²) in [5.41, 5.74) is 0.780. The van der Waals surface area contributed by atoms with Crippen LogP contribution in [0.1, 0.15) is 5.69 Å². The standard InChI is InChI=1S/C7H9N3O.C2H6O/c8-10(6-11)5-7-3-1-2-4-9-7;1-3-2/h1-4,6H,5,8H2;1-2H3. The quantitative estimate of drug-likeness (QED) is 0.325. The van der Waals surface area contributed by atoms with E-state index >= 15 is 0 Å². The first-order valence-corrected chi connectivity index (χ1v) is 4.01. The van der Waals surface area contributed by atoms with Crippen LogP contribution in [0.25, 0.3) is 0 Å². The zero-order valence-electron chi connectivity index (χ0n) is 8.38. The molecule has 0 aliphatic carbocycles. The van der Waals surface area contributed by atoms with Crippen LogP contribution in [-0.4, -0.2) is 30.6 Å². The van der Waals surface area contributed by atoms with Gasteiger partial charge in [-0.1, -0.05) is 6.07 Å². The van der Waals surface area contributed by atoms with E-state index in [-0.39, 0.29) is 0 Å². The van der Waals surface area contributed by atoms with Gasteiger partial charge < -0.3 is 4.74 Å². The largest absolute Gasteiger partial charge is 0.388 e. The molecule has 5 nitrogen and oxygen atoms in total. The van der Waals surface area contributed by atoms with Crippen LogP contribution in [0.2, 0.25) is 0 Å². The van der Waals surface area contributed by atoms with Crippen molar-refractivity contribution in [3.63, 3.8) is 0 Å². The summed E-state index contributed by atoms with van der Waals surface area (Å²) in [6, 6.07) is 5.47. The highest BCUT2D eigenvalue weighted by Gasteiger charge is 1.95. The van der Waals surface area contributed by atoms with Gasteiger partial charge in [0.05, 0.1) is 12.2 Å². The van der Waals surface area contributed by atoms with Crippen molar-refractivity contribution in [3.05, 3.63) is 30.1 Å². The summed E-state index contributed by atoms with van der Waals surface area (Å²) in [6.07, 6.45) is 2.22. The van der Waals surface area contributed by atoms with E-state index < -0.39 is 0 Å². The smallest absolute Gasteiger partial charge is 0.224 e. The van der Waals surface area contributed by atoms with E-state index in [1.807, 2.05) is 18.2 Å². The fraction of sp³-hybridized carbons (Fsp3) is 0.333. The lowest BCUT2D eigenvalue weighted by molar-refractivity contribution is -0.118. The summed E-state index contributed by atoms with van der Waals surface area (Å²) in [7, 11) is 3.25. The average Bonchev–Trinajstić information content (AvgIpc) is 2.20. The van der Waals surface area contributed by atoms with Crippen LogP contribution in [0.3, 0.4) is 0 Å². The molecule has 0 unspecified atom stereocenters. The Morgan fingerprint density at radius 2 is 2.21 bits per heavy atom. The number of ether oxygens (including phenoxy) is 1. The highest BCUT2D eigenvalue weighted by Crippen LogP contribution is 1.94. The summed E-state index contributed by atoms with van der Waals surface area (Å²) in [4.78, 5) is 14.1. The van der Waals surface area contributed by atoms with Crippen LogP contribution in [0.5, 0.6) is 0 Å². The molecule has 5 heteroatoms. The third-order valence-corrected chi connectivity index (χ3v) is 1.21. The molecule has 0 aliphatic heterocycles. The van der Waals surface area contributed by atoms with Crippen LogP contribution < -0.4 is 5.84 Å². The zero-order chi connectivity index (χ0) is 10.8. The van der Waals surface area contributed by atoms with Gasteiger partial charge in [-0.2, -0.15) is 0 Å². The Morgan fingerprint density at radius 3 is 2.64 bits per heavy atom. The van der Waals surface area contributed by atoms with E-state index in [0.717, 1.165) is 10.7 Å². The van der Waals surface area contributed by atoms with Crippen molar-refractivity contribution in [3.8, 4) is 0 Å². The number of hydrogen-bond acceptors (Lipinski definition) is 4. The van der Waals surface area contributed by atoms with Gasteiger partial charge in [0.2, 0.25) is 6.41 Å². The molecule has 1 amide bonds. The minimum atomic E-state index is 0.352. The SMILES string of the molecule is COC.NN(C=O)Cc1ccccn1. The van der Waals surface area contributed by atoms with Gasteiger partial charge in [-0.25, -0.2) is 5.84 Å². The average molecular weight is 197 g/mol. The Labute approximate surface area is 83.5 Å². The van der Waals surface area contributed by atoms with Crippen molar-refractivity contribution >= 4 is 6.41 Å². The normalized spacial score (nSPS) is 8.50. The lowest BCUT2D eigenvalue weighted by Gasteiger charge is -2.07. The Hall–Kier alpha value is -1.46. The second-order valence-electron chi connectivity index (χ2n) is 2.51. The molecular formula is C9H15N3O2. The fourth-order valence-electron chi connectivity index (χ4n) is 0.716. The fourth-order valence-corrected chi connectivity index (χ4v) is 0.716. The molecule has 1 rings (SSSR count). The number of hydrogen-bond donors (Lipinski definition) is 1. The molecule has 1 heterocycles. The molecule has 0 atom stereocenters. The minimum Gasteiger partial charge on any atom is -0.388 e. The van der Waals surface area contributed by atoms with Crippen molar-refractivity contribution in [2.24, 2.45) is 5.84 Å². The van der Waals surface area contributed by atoms with E-state index in [2.05, 4.69) is 9.72 Å². The maximum Gasteiger partial charge on any atom is 0.224 e. The molecule has 2 N–H and O–H groups in total. The molecule has 0 aliphatic rings. The highest BCUT2D eigenvalue weighted by atomic mass is 16.4. The van der Waals surface area contributed by atoms with E-state index in [9.17, 15) is 4.79 Å². The molecule has 0 aromatic carbocycles. The third-order valence-electron chi connectivity index (χ3n) is 1.21. The lowest BCUT2D eigenvalue weighted by Crippen LogP contribution is -2.28. The van der Waals surface area contributed by atoms with Crippen LogP contribution in [0, 0.1) is 0 Å². The summed E-state index contributed by atoms with van der Waals surface area (Å²) in [6.45, 7) is 0.352. The molecule has 0 saturated carbocycles. The monoisotopic (exact) mass is 197 g/mol. The summed E-state index contributed by atoms with van der Waals surface area (Å²) >= 11 is 0. The van der Waals surface area contributed by atoms with E-state index in [4.69, 9.17) is 5.84 Å². The molecule has 0 fully saturated rings. The van der Waals surface area contributed by atoms with Gasteiger partial charge in [-0.05, 0) is 12.1 Å².